The van der Waals surface area contributed by atoms with Crippen molar-refractivity contribution in [2.75, 3.05) is 11.9 Å². The average molecular weight is 296 g/mol. The van der Waals surface area contributed by atoms with Gasteiger partial charge in [0, 0.05) is 17.8 Å². The lowest BCUT2D eigenvalue weighted by molar-refractivity contribution is 0.0999. The Hall–Kier alpha value is -2.29. The Kier molecular flexibility index (Phi) is 5.59. The quantitative estimate of drug-likeness (QED) is 0.820. The average Bonchev–Trinajstić information content (AvgIpc) is 2.54. The van der Waals surface area contributed by atoms with Gasteiger partial charge in [-0.1, -0.05) is 44.2 Å². The summed E-state index contributed by atoms with van der Waals surface area (Å²) >= 11 is 0. The van der Waals surface area contributed by atoms with Crippen molar-refractivity contribution < 1.29 is 4.79 Å². The van der Waals surface area contributed by atoms with Gasteiger partial charge in [0.05, 0.1) is 0 Å². The summed E-state index contributed by atoms with van der Waals surface area (Å²) in [5.41, 5.74) is 10.8. The summed E-state index contributed by atoms with van der Waals surface area (Å²) in [6, 6.07) is 14.2. The number of nitrogens with one attached hydrogen (secondary N) is 1. The van der Waals surface area contributed by atoms with Crippen LogP contribution in [-0.2, 0) is 19.3 Å². The van der Waals surface area contributed by atoms with Crippen molar-refractivity contribution in [2.45, 2.75) is 33.1 Å². The van der Waals surface area contributed by atoms with Crippen molar-refractivity contribution >= 4 is 11.6 Å². The van der Waals surface area contributed by atoms with Gasteiger partial charge in [-0.25, -0.2) is 0 Å². The van der Waals surface area contributed by atoms with Crippen LogP contribution in [0.5, 0.6) is 0 Å². The van der Waals surface area contributed by atoms with E-state index < -0.39 is 0 Å². The Morgan fingerprint density at radius 2 is 1.68 bits per heavy atom. The summed E-state index contributed by atoms with van der Waals surface area (Å²) in [6.07, 6.45) is 2.68. The smallest absolute Gasteiger partial charge is 0.248 e. The van der Waals surface area contributed by atoms with Gasteiger partial charge in [-0.3, -0.25) is 4.79 Å². The lowest BCUT2D eigenvalue weighted by atomic mass is 9.95. The highest BCUT2D eigenvalue weighted by Crippen LogP contribution is 2.25. The van der Waals surface area contributed by atoms with Crippen molar-refractivity contribution in [1.29, 1.82) is 0 Å². The number of anilines is 1. The van der Waals surface area contributed by atoms with E-state index in [1.807, 2.05) is 18.2 Å². The summed E-state index contributed by atoms with van der Waals surface area (Å²) in [6.45, 7) is 5.05. The molecule has 3 nitrogen and oxygen atoms in total. The van der Waals surface area contributed by atoms with Crippen molar-refractivity contribution in [1.82, 2.24) is 0 Å². The molecule has 22 heavy (non-hydrogen) atoms. The van der Waals surface area contributed by atoms with Crippen molar-refractivity contribution in [3.05, 3.63) is 64.7 Å². The lowest BCUT2D eigenvalue weighted by Gasteiger charge is -2.17. The Labute approximate surface area is 132 Å². The van der Waals surface area contributed by atoms with Gasteiger partial charge in [-0.15, -0.1) is 0 Å². The summed E-state index contributed by atoms with van der Waals surface area (Å²) in [4.78, 5) is 11.6. The second-order valence-electron chi connectivity index (χ2n) is 5.35. The van der Waals surface area contributed by atoms with Gasteiger partial charge in [0.2, 0.25) is 5.91 Å². The third-order valence-corrected chi connectivity index (χ3v) is 3.98. The number of hydrogen-bond donors (Lipinski definition) is 2. The highest BCUT2D eigenvalue weighted by Gasteiger charge is 2.13. The molecule has 3 N–H and O–H groups in total. The number of hydrogen-bond acceptors (Lipinski definition) is 2. The predicted octanol–water partition coefficient (Wildman–Crippen LogP) is 3.56. The van der Waals surface area contributed by atoms with E-state index in [0.717, 1.165) is 37.1 Å². The molecule has 2 aromatic carbocycles. The van der Waals surface area contributed by atoms with Gasteiger partial charge in [0.25, 0.3) is 0 Å². The molecule has 0 atom stereocenters. The number of primary amides is 1. The number of rotatable bonds is 7. The molecular formula is C19H24N2O. The molecule has 0 saturated carbocycles. The molecule has 0 unspecified atom stereocenters. The van der Waals surface area contributed by atoms with Crippen LogP contribution in [0.25, 0.3) is 0 Å². The maximum atomic E-state index is 11.6. The van der Waals surface area contributed by atoms with Crippen LogP contribution in [0.3, 0.4) is 0 Å². The maximum absolute atomic E-state index is 11.6. The normalized spacial score (nSPS) is 10.5. The molecule has 0 heterocycles. The molecule has 2 rings (SSSR count). The first kappa shape index (κ1) is 16.1. The van der Waals surface area contributed by atoms with Crippen LogP contribution in [0.2, 0.25) is 0 Å². The summed E-state index contributed by atoms with van der Waals surface area (Å²) in [5, 5.41) is 3.50. The highest BCUT2D eigenvalue weighted by atomic mass is 16.1. The molecule has 0 aliphatic heterocycles. The fourth-order valence-corrected chi connectivity index (χ4v) is 2.88. The first-order valence-corrected chi connectivity index (χ1v) is 7.89. The fourth-order valence-electron chi connectivity index (χ4n) is 2.88. The molecule has 1 amide bonds. The van der Waals surface area contributed by atoms with E-state index in [4.69, 9.17) is 5.73 Å². The Morgan fingerprint density at radius 1 is 1.00 bits per heavy atom. The van der Waals surface area contributed by atoms with E-state index >= 15 is 0 Å². The Morgan fingerprint density at radius 3 is 2.27 bits per heavy atom. The van der Waals surface area contributed by atoms with Gasteiger partial charge in [0.1, 0.15) is 0 Å². The van der Waals surface area contributed by atoms with Crippen LogP contribution in [-0.4, -0.2) is 12.5 Å². The molecular weight excluding hydrogens is 272 g/mol. The van der Waals surface area contributed by atoms with Crippen molar-refractivity contribution in [3.63, 3.8) is 0 Å². The molecule has 3 heteroatoms. The van der Waals surface area contributed by atoms with Crippen LogP contribution in [0.4, 0.5) is 5.69 Å². The first-order chi connectivity index (χ1) is 10.7. The lowest BCUT2D eigenvalue weighted by Crippen LogP contribution is -2.16. The minimum absolute atomic E-state index is 0.345. The summed E-state index contributed by atoms with van der Waals surface area (Å²) in [5.74, 6) is -0.345. The van der Waals surface area contributed by atoms with Gasteiger partial charge in [-0.05, 0) is 48.1 Å². The number of nitrogens with two attached hydrogens (primary N) is 1. The van der Waals surface area contributed by atoms with Crippen LogP contribution < -0.4 is 11.1 Å². The number of carbonyl (C=O) groups is 1. The predicted molar refractivity (Wildman–Crippen MR) is 92.4 cm³/mol. The second kappa shape index (κ2) is 7.64. The van der Waals surface area contributed by atoms with Crippen molar-refractivity contribution in [2.24, 2.45) is 5.73 Å². The monoisotopic (exact) mass is 296 g/mol. The molecule has 116 valence electrons. The SMILES string of the molecule is CCc1c(NCCc2ccccc2)ccc(C(N)=O)c1CC. The fraction of sp³-hybridized carbons (Fsp3) is 0.316. The van der Waals surface area contributed by atoms with Gasteiger partial charge >= 0.3 is 0 Å². The molecule has 0 aliphatic rings. The molecule has 0 radical (unpaired) electrons. The summed E-state index contributed by atoms with van der Waals surface area (Å²) < 4.78 is 0. The first-order valence-electron chi connectivity index (χ1n) is 7.89. The number of benzene rings is 2. The van der Waals surface area contributed by atoms with E-state index in [1.54, 1.807) is 0 Å². The van der Waals surface area contributed by atoms with E-state index in [-0.39, 0.29) is 5.91 Å². The zero-order chi connectivity index (χ0) is 15.9. The van der Waals surface area contributed by atoms with Gasteiger partial charge < -0.3 is 11.1 Å². The minimum atomic E-state index is -0.345. The molecule has 0 spiro atoms. The van der Waals surface area contributed by atoms with E-state index in [0.29, 0.717) is 5.56 Å². The molecule has 0 saturated heterocycles. The van der Waals surface area contributed by atoms with E-state index in [2.05, 4.69) is 43.4 Å². The van der Waals surface area contributed by atoms with Gasteiger partial charge in [-0.2, -0.15) is 0 Å². The zero-order valence-corrected chi connectivity index (χ0v) is 13.4. The van der Waals surface area contributed by atoms with Crippen LogP contribution in [0.15, 0.2) is 42.5 Å². The molecule has 0 bridgehead atoms. The number of carbonyl (C=O) groups excluding carboxylic acids is 1. The summed E-state index contributed by atoms with van der Waals surface area (Å²) in [7, 11) is 0. The van der Waals surface area contributed by atoms with Crippen LogP contribution in [0, 0.1) is 0 Å². The van der Waals surface area contributed by atoms with Crippen molar-refractivity contribution in [3.8, 4) is 0 Å². The molecule has 0 fully saturated rings. The Bertz CT molecular complexity index is 635. The van der Waals surface area contributed by atoms with Gasteiger partial charge in [0.15, 0.2) is 0 Å². The van der Waals surface area contributed by atoms with Crippen LogP contribution >= 0.6 is 0 Å². The highest BCUT2D eigenvalue weighted by molar-refractivity contribution is 5.95. The molecule has 2 aromatic rings. The topological polar surface area (TPSA) is 55.1 Å². The second-order valence-corrected chi connectivity index (χ2v) is 5.35. The standard InChI is InChI=1S/C19H24N2O/c1-3-15-16(4-2)18(11-10-17(15)19(20)22)21-13-12-14-8-6-5-7-9-14/h5-11,21H,3-4,12-13H2,1-2H3,(H2,20,22). The largest absolute Gasteiger partial charge is 0.384 e. The maximum Gasteiger partial charge on any atom is 0.248 e. The Balaban J connectivity index is 2.15. The van der Waals surface area contributed by atoms with E-state index in [9.17, 15) is 4.79 Å². The third-order valence-electron chi connectivity index (χ3n) is 3.98. The van der Waals surface area contributed by atoms with Crippen LogP contribution in [0.1, 0.15) is 40.9 Å². The zero-order valence-electron chi connectivity index (χ0n) is 13.4. The van der Waals surface area contributed by atoms with E-state index in [1.165, 1.54) is 11.1 Å². The number of amides is 1. The molecule has 0 aromatic heterocycles. The third kappa shape index (κ3) is 3.67. The minimum Gasteiger partial charge on any atom is -0.384 e. The molecule has 0 aliphatic carbocycles.